The SMILES string of the molecule is CC1CN(c2ccnc(C(N)=S)c2)CCO1. The molecule has 1 aromatic rings. The van der Waals surface area contributed by atoms with Gasteiger partial charge in [-0.25, -0.2) is 0 Å². The third kappa shape index (κ3) is 2.48. The third-order valence-electron chi connectivity index (χ3n) is 2.60. The van der Waals surface area contributed by atoms with E-state index in [2.05, 4.69) is 16.8 Å². The highest BCUT2D eigenvalue weighted by atomic mass is 32.1. The van der Waals surface area contributed by atoms with Gasteiger partial charge in [0.15, 0.2) is 0 Å². The van der Waals surface area contributed by atoms with Crippen LogP contribution in [0.1, 0.15) is 12.6 Å². The second-order valence-electron chi connectivity index (χ2n) is 3.89. The van der Waals surface area contributed by atoms with Crippen LogP contribution in [0, 0.1) is 0 Å². The summed E-state index contributed by atoms with van der Waals surface area (Å²) >= 11 is 4.92. The first-order valence-electron chi connectivity index (χ1n) is 5.29. The Labute approximate surface area is 100 Å². The maximum Gasteiger partial charge on any atom is 0.122 e. The second-order valence-corrected chi connectivity index (χ2v) is 4.33. The van der Waals surface area contributed by atoms with E-state index < -0.39 is 0 Å². The monoisotopic (exact) mass is 237 g/mol. The van der Waals surface area contributed by atoms with Crippen molar-refractivity contribution >= 4 is 22.9 Å². The molecule has 0 aliphatic carbocycles. The van der Waals surface area contributed by atoms with Gasteiger partial charge in [0.25, 0.3) is 0 Å². The number of hydrogen-bond acceptors (Lipinski definition) is 4. The van der Waals surface area contributed by atoms with Gasteiger partial charge in [0.1, 0.15) is 4.99 Å². The van der Waals surface area contributed by atoms with Crippen molar-refractivity contribution in [1.82, 2.24) is 4.98 Å². The van der Waals surface area contributed by atoms with E-state index in [4.69, 9.17) is 22.7 Å². The summed E-state index contributed by atoms with van der Waals surface area (Å²) in [6.45, 7) is 4.61. The number of morpholine rings is 1. The number of pyridine rings is 1. The van der Waals surface area contributed by atoms with Crippen LogP contribution < -0.4 is 10.6 Å². The molecule has 0 radical (unpaired) electrons. The summed E-state index contributed by atoms with van der Waals surface area (Å²) in [6, 6.07) is 3.90. The molecule has 0 aromatic carbocycles. The van der Waals surface area contributed by atoms with Crippen LogP contribution in [-0.4, -0.2) is 35.8 Å². The van der Waals surface area contributed by atoms with Crippen LogP contribution in [0.15, 0.2) is 18.3 Å². The molecule has 5 heteroatoms. The predicted octanol–water partition coefficient (Wildman–Crippen LogP) is 0.941. The molecule has 1 aromatic heterocycles. The number of thiocarbonyl (C=S) groups is 1. The summed E-state index contributed by atoms with van der Waals surface area (Å²) in [5.74, 6) is 0. The molecule has 2 heterocycles. The van der Waals surface area contributed by atoms with Crippen LogP contribution in [0.5, 0.6) is 0 Å². The van der Waals surface area contributed by atoms with E-state index in [-0.39, 0.29) is 6.10 Å². The highest BCUT2D eigenvalue weighted by Gasteiger charge is 2.17. The fraction of sp³-hybridized carbons (Fsp3) is 0.455. The first-order chi connectivity index (χ1) is 7.66. The fourth-order valence-electron chi connectivity index (χ4n) is 1.80. The number of nitrogens with two attached hydrogens (primary N) is 1. The molecule has 2 N–H and O–H groups in total. The minimum absolute atomic E-state index is 0.259. The number of hydrogen-bond donors (Lipinski definition) is 1. The molecule has 4 nitrogen and oxygen atoms in total. The molecule has 2 rings (SSSR count). The number of anilines is 1. The normalized spacial score (nSPS) is 20.8. The Morgan fingerprint density at radius 2 is 2.50 bits per heavy atom. The van der Waals surface area contributed by atoms with Crippen molar-refractivity contribution in [2.24, 2.45) is 5.73 Å². The van der Waals surface area contributed by atoms with E-state index in [9.17, 15) is 0 Å². The summed E-state index contributed by atoms with van der Waals surface area (Å²) in [7, 11) is 0. The zero-order valence-electron chi connectivity index (χ0n) is 9.22. The Morgan fingerprint density at radius 1 is 1.69 bits per heavy atom. The van der Waals surface area contributed by atoms with Crippen LogP contribution in [0.2, 0.25) is 0 Å². The topological polar surface area (TPSA) is 51.4 Å². The van der Waals surface area contributed by atoms with Gasteiger partial charge in [0.05, 0.1) is 18.4 Å². The van der Waals surface area contributed by atoms with Crippen molar-refractivity contribution in [3.8, 4) is 0 Å². The van der Waals surface area contributed by atoms with E-state index in [1.54, 1.807) is 6.20 Å². The van der Waals surface area contributed by atoms with Crippen molar-refractivity contribution in [2.75, 3.05) is 24.6 Å². The molecule has 1 fully saturated rings. The average Bonchev–Trinajstić information content (AvgIpc) is 2.29. The van der Waals surface area contributed by atoms with E-state index in [1.807, 2.05) is 12.1 Å². The first kappa shape index (κ1) is 11.3. The maximum atomic E-state index is 5.57. The summed E-state index contributed by atoms with van der Waals surface area (Å²) in [5.41, 5.74) is 7.34. The lowest BCUT2D eigenvalue weighted by molar-refractivity contribution is 0.0532. The predicted molar refractivity (Wildman–Crippen MR) is 67.8 cm³/mol. The van der Waals surface area contributed by atoms with Crippen LogP contribution in [0.3, 0.4) is 0 Å². The quantitative estimate of drug-likeness (QED) is 0.776. The summed E-state index contributed by atoms with van der Waals surface area (Å²) < 4.78 is 5.50. The smallest absolute Gasteiger partial charge is 0.122 e. The van der Waals surface area contributed by atoms with Crippen molar-refractivity contribution in [2.45, 2.75) is 13.0 Å². The minimum Gasteiger partial charge on any atom is -0.388 e. The first-order valence-corrected chi connectivity index (χ1v) is 5.70. The molecular formula is C11H15N3OS. The largest absolute Gasteiger partial charge is 0.388 e. The molecule has 0 saturated carbocycles. The molecule has 0 bridgehead atoms. The van der Waals surface area contributed by atoms with Gasteiger partial charge < -0.3 is 15.4 Å². The zero-order valence-corrected chi connectivity index (χ0v) is 10.0. The molecular weight excluding hydrogens is 222 g/mol. The van der Waals surface area contributed by atoms with Crippen molar-refractivity contribution in [1.29, 1.82) is 0 Å². The van der Waals surface area contributed by atoms with E-state index in [0.717, 1.165) is 25.4 Å². The summed E-state index contributed by atoms with van der Waals surface area (Å²) in [6.07, 6.45) is 2.00. The Kier molecular flexibility index (Phi) is 3.36. The van der Waals surface area contributed by atoms with Gasteiger partial charge in [0, 0.05) is 25.0 Å². The second kappa shape index (κ2) is 4.76. The van der Waals surface area contributed by atoms with E-state index in [0.29, 0.717) is 10.7 Å². The molecule has 1 saturated heterocycles. The summed E-state index contributed by atoms with van der Waals surface area (Å²) in [4.78, 5) is 6.73. The molecule has 0 amide bonds. The molecule has 86 valence electrons. The fourth-order valence-corrected chi connectivity index (χ4v) is 1.92. The lowest BCUT2D eigenvalue weighted by atomic mass is 10.2. The number of aromatic nitrogens is 1. The van der Waals surface area contributed by atoms with Crippen LogP contribution in [0.4, 0.5) is 5.69 Å². The lowest BCUT2D eigenvalue weighted by Crippen LogP contribution is -2.41. The van der Waals surface area contributed by atoms with Crippen molar-refractivity contribution in [3.63, 3.8) is 0 Å². The van der Waals surface area contributed by atoms with Gasteiger partial charge in [-0.15, -0.1) is 0 Å². The number of ether oxygens (including phenoxy) is 1. The molecule has 1 unspecified atom stereocenters. The molecule has 1 atom stereocenters. The number of rotatable bonds is 2. The van der Waals surface area contributed by atoms with Crippen LogP contribution >= 0.6 is 12.2 Å². The van der Waals surface area contributed by atoms with Gasteiger partial charge in [0.2, 0.25) is 0 Å². The van der Waals surface area contributed by atoms with Gasteiger partial charge in [-0.05, 0) is 19.1 Å². The Morgan fingerprint density at radius 3 is 3.19 bits per heavy atom. The average molecular weight is 237 g/mol. The van der Waals surface area contributed by atoms with Crippen molar-refractivity contribution in [3.05, 3.63) is 24.0 Å². The van der Waals surface area contributed by atoms with Gasteiger partial charge in [-0.1, -0.05) is 12.2 Å². The van der Waals surface area contributed by atoms with Crippen LogP contribution in [0.25, 0.3) is 0 Å². The van der Waals surface area contributed by atoms with Crippen LogP contribution in [-0.2, 0) is 4.74 Å². The molecule has 1 aliphatic rings. The van der Waals surface area contributed by atoms with Gasteiger partial charge in [-0.2, -0.15) is 0 Å². The highest BCUT2D eigenvalue weighted by Crippen LogP contribution is 2.17. The van der Waals surface area contributed by atoms with Gasteiger partial charge >= 0.3 is 0 Å². The van der Waals surface area contributed by atoms with Gasteiger partial charge in [-0.3, -0.25) is 4.98 Å². The zero-order chi connectivity index (χ0) is 11.5. The molecule has 0 spiro atoms. The molecule has 1 aliphatic heterocycles. The number of nitrogens with zero attached hydrogens (tertiary/aromatic N) is 2. The maximum absolute atomic E-state index is 5.57. The van der Waals surface area contributed by atoms with Crippen molar-refractivity contribution < 1.29 is 4.74 Å². The highest BCUT2D eigenvalue weighted by molar-refractivity contribution is 7.80. The molecule has 16 heavy (non-hydrogen) atoms. The standard InChI is InChI=1S/C11H15N3OS/c1-8-7-14(4-5-15-8)9-2-3-13-10(6-9)11(12)16/h2-3,6,8H,4-5,7H2,1H3,(H2,12,16). The third-order valence-corrected chi connectivity index (χ3v) is 2.81. The van der Waals surface area contributed by atoms with E-state index >= 15 is 0 Å². The Bertz CT molecular complexity index is 397. The minimum atomic E-state index is 0.259. The Hall–Kier alpha value is -1.20. The van der Waals surface area contributed by atoms with E-state index in [1.165, 1.54) is 0 Å². The lowest BCUT2D eigenvalue weighted by Gasteiger charge is -2.33. The Balaban J connectivity index is 2.19. The summed E-state index contributed by atoms with van der Waals surface area (Å²) in [5, 5.41) is 0.